The highest BCUT2D eigenvalue weighted by molar-refractivity contribution is 9.10. The van der Waals surface area contributed by atoms with Gasteiger partial charge < -0.3 is 10.1 Å². The van der Waals surface area contributed by atoms with E-state index in [1.807, 2.05) is 30.3 Å². The minimum atomic E-state index is -1.08. The number of aromatic nitrogens is 3. The number of nitrogens with one attached hydrogen (secondary N) is 1. The van der Waals surface area contributed by atoms with Gasteiger partial charge in [-0.05, 0) is 29.8 Å². The van der Waals surface area contributed by atoms with Crippen molar-refractivity contribution in [1.29, 1.82) is 0 Å². The lowest BCUT2D eigenvalue weighted by Crippen LogP contribution is -2.23. The van der Waals surface area contributed by atoms with Crippen LogP contribution in [0.1, 0.15) is 0 Å². The van der Waals surface area contributed by atoms with Crippen LogP contribution in [0.25, 0.3) is 33.6 Å². The average molecular weight is 477 g/mol. The summed E-state index contributed by atoms with van der Waals surface area (Å²) in [5.41, 5.74) is 3.25. The van der Waals surface area contributed by atoms with Gasteiger partial charge in [0.15, 0.2) is 5.82 Å². The van der Waals surface area contributed by atoms with E-state index in [0.29, 0.717) is 39.3 Å². The van der Waals surface area contributed by atoms with Crippen LogP contribution in [0.2, 0.25) is 0 Å². The number of H-pyrrole nitrogens is 1. The summed E-state index contributed by atoms with van der Waals surface area (Å²) in [6, 6.07) is 16.2. The maximum atomic E-state index is 13.1. The first-order valence-electron chi connectivity index (χ1n) is 9.32. The molecule has 0 aliphatic rings. The van der Waals surface area contributed by atoms with Gasteiger partial charge in [-0.3, -0.25) is 9.69 Å². The molecule has 0 fully saturated rings. The normalized spacial score (nSPS) is 10.6. The molecule has 7 nitrogen and oxygen atoms in total. The SMILES string of the molecule is CN(C(=O)O)c1cccc(-c2c(-c3ncccn3)c[nH]c(=O)c2-c2ccccc2Br)c1. The van der Waals surface area contributed by atoms with E-state index in [0.717, 1.165) is 9.37 Å². The van der Waals surface area contributed by atoms with Crippen molar-refractivity contribution < 1.29 is 9.90 Å². The third-order valence-corrected chi connectivity index (χ3v) is 5.54. The largest absolute Gasteiger partial charge is 0.465 e. The lowest BCUT2D eigenvalue weighted by atomic mass is 9.91. The van der Waals surface area contributed by atoms with Crippen LogP contribution in [0.15, 0.2) is 82.5 Å². The van der Waals surface area contributed by atoms with Crippen molar-refractivity contribution in [2.45, 2.75) is 0 Å². The third-order valence-electron chi connectivity index (χ3n) is 4.85. The topological polar surface area (TPSA) is 99.2 Å². The average Bonchev–Trinajstić information content (AvgIpc) is 2.79. The standard InChI is InChI=1S/C23H17BrN4O3/c1-28(23(30)31)15-7-4-6-14(12-15)19-17(21-25-10-5-11-26-21)13-27-22(29)20(19)16-8-2-3-9-18(16)24/h2-13H,1H3,(H,27,29)(H,30,31). The van der Waals surface area contributed by atoms with Crippen LogP contribution < -0.4 is 10.5 Å². The van der Waals surface area contributed by atoms with E-state index in [-0.39, 0.29) is 5.56 Å². The summed E-state index contributed by atoms with van der Waals surface area (Å²) in [4.78, 5) is 37.2. The van der Waals surface area contributed by atoms with Crippen molar-refractivity contribution in [3.8, 4) is 33.6 Å². The van der Waals surface area contributed by atoms with Gasteiger partial charge in [0, 0.05) is 52.5 Å². The fourth-order valence-electron chi connectivity index (χ4n) is 3.35. The fraction of sp³-hybridized carbons (Fsp3) is 0.0435. The molecule has 2 N–H and O–H groups in total. The summed E-state index contributed by atoms with van der Waals surface area (Å²) in [5, 5.41) is 9.39. The third kappa shape index (κ3) is 3.97. The highest BCUT2D eigenvalue weighted by Crippen LogP contribution is 2.39. The Morgan fingerprint density at radius 3 is 2.45 bits per heavy atom. The minimum absolute atomic E-state index is 0.279. The molecule has 0 saturated heterocycles. The Morgan fingerprint density at radius 1 is 1.00 bits per heavy atom. The Labute approximate surface area is 186 Å². The van der Waals surface area contributed by atoms with Gasteiger partial charge in [0.1, 0.15) is 0 Å². The van der Waals surface area contributed by atoms with E-state index in [4.69, 9.17) is 0 Å². The molecule has 4 rings (SSSR count). The van der Waals surface area contributed by atoms with E-state index in [9.17, 15) is 14.7 Å². The number of rotatable bonds is 4. The zero-order valence-electron chi connectivity index (χ0n) is 16.4. The van der Waals surface area contributed by atoms with Crippen LogP contribution in [0.4, 0.5) is 10.5 Å². The van der Waals surface area contributed by atoms with Crippen molar-refractivity contribution >= 4 is 27.7 Å². The Hall–Kier alpha value is -3.78. The van der Waals surface area contributed by atoms with E-state index in [1.165, 1.54) is 7.05 Å². The molecule has 0 aliphatic carbocycles. The number of nitrogens with zero attached hydrogens (tertiary/aromatic N) is 3. The number of pyridine rings is 1. The number of anilines is 1. The number of hydrogen-bond acceptors (Lipinski definition) is 4. The number of carbonyl (C=O) groups is 1. The Morgan fingerprint density at radius 2 is 1.74 bits per heavy atom. The molecule has 31 heavy (non-hydrogen) atoms. The maximum Gasteiger partial charge on any atom is 0.411 e. The summed E-state index contributed by atoms with van der Waals surface area (Å²) in [6.07, 6.45) is 3.76. The summed E-state index contributed by atoms with van der Waals surface area (Å²) in [6.45, 7) is 0. The van der Waals surface area contributed by atoms with Crippen LogP contribution in [-0.2, 0) is 0 Å². The molecule has 0 spiro atoms. The van der Waals surface area contributed by atoms with E-state index >= 15 is 0 Å². The van der Waals surface area contributed by atoms with Gasteiger partial charge in [-0.1, -0.05) is 46.3 Å². The Kier molecular flexibility index (Phi) is 5.64. The van der Waals surface area contributed by atoms with Crippen molar-refractivity contribution in [3.63, 3.8) is 0 Å². The van der Waals surface area contributed by atoms with Crippen LogP contribution >= 0.6 is 15.9 Å². The highest BCUT2D eigenvalue weighted by Gasteiger charge is 2.21. The number of aromatic amines is 1. The van der Waals surface area contributed by atoms with Crippen molar-refractivity contribution in [3.05, 3.63) is 88.0 Å². The Bertz CT molecular complexity index is 1320. The monoisotopic (exact) mass is 476 g/mol. The van der Waals surface area contributed by atoms with Crippen LogP contribution in [0, 0.1) is 0 Å². The number of carboxylic acid groups (broad SMARTS) is 1. The molecule has 0 saturated carbocycles. The highest BCUT2D eigenvalue weighted by atomic mass is 79.9. The first-order chi connectivity index (χ1) is 15.0. The molecule has 154 valence electrons. The van der Waals surface area contributed by atoms with E-state index < -0.39 is 6.09 Å². The van der Waals surface area contributed by atoms with Crippen molar-refractivity contribution in [2.24, 2.45) is 0 Å². The predicted molar refractivity (Wildman–Crippen MR) is 123 cm³/mol. The molecule has 0 aliphatic heterocycles. The molecule has 2 aromatic heterocycles. The van der Waals surface area contributed by atoms with E-state index in [1.54, 1.807) is 42.9 Å². The summed E-state index contributed by atoms with van der Waals surface area (Å²) < 4.78 is 0.756. The van der Waals surface area contributed by atoms with Gasteiger partial charge in [-0.2, -0.15) is 0 Å². The molecule has 0 radical (unpaired) electrons. The summed E-state index contributed by atoms with van der Waals surface area (Å²) >= 11 is 3.54. The lowest BCUT2D eigenvalue weighted by Gasteiger charge is -2.18. The number of hydrogen-bond donors (Lipinski definition) is 2. The predicted octanol–water partition coefficient (Wildman–Crippen LogP) is 5.04. The first kappa shape index (κ1) is 20.5. The number of amides is 1. The zero-order valence-corrected chi connectivity index (χ0v) is 18.0. The van der Waals surface area contributed by atoms with Gasteiger partial charge in [0.2, 0.25) is 0 Å². The molecule has 2 aromatic carbocycles. The van der Waals surface area contributed by atoms with Gasteiger partial charge in [0.05, 0.1) is 5.56 Å². The Balaban J connectivity index is 2.08. The first-order valence-corrected chi connectivity index (χ1v) is 10.1. The van der Waals surface area contributed by atoms with Gasteiger partial charge in [0.25, 0.3) is 5.56 Å². The summed E-state index contributed by atoms with van der Waals surface area (Å²) in [5.74, 6) is 0.444. The summed E-state index contributed by atoms with van der Waals surface area (Å²) in [7, 11) is 1.47. The molecule has 0 bridgehead atoms. The van der Waals surface area contributed by atoms with Crippen molar-refractivity contribution in [2.75, 3.05) is 11.9 Å². The molecule has 2 heterocycles. The second kappa shape index (κ2) is 8.53. The molecule has 1 amide bonds. The molecule has 0 atom stereocenters. The van der Waals surface area contributed by atoms with Gasteiger partial charge in [-0.15, -0.1) is 0 Å². The molecular weight excluding hydrogens is 460 g/mol. The van der Waals surface area contributed by atoms with E-state index in [2.05, 4.69) is 30.9 Å². The quantitative estimate of drug-likeness (QED) is 0.429. The lowest BCUT2D eigenvalue weighted by molar-refractivity contribution is 0.203. The maximum absolute atomic E-state index is 13.1. The van der Waals surface area contributed by atoms with Gasteiger partial charge >= 0.3 is 6.09 Å². The second-order valence-corrected chi connectivity index (χ2v) is 7.58. The molecular formula is C23H17BrN4O3. The van der Waals surface area contributed by atoms with Crippen molar-refractivity contribution in [1.82, 2.24) is 15.0 Å². The molecule has 4 aromatic rings. The fourth-order valence-corrected chi connectivity index (χ4v) is 3.83. The van der Waals surface area contributed by atoms with Crippen LogP contribution in [-0.4, -0.2) is 33.2 Å². The van der Waals surface area contributed by atoms with Gasteiger partial charge in [-0.25, -0.2) is 14.8 Å². The minimum Gasteiger partial charge on any atom is -0.465 e. The molecule has 0 unspecified atom stereocenters. The van der Waals surface area contributed by atoms with Crippen LogP contribution in [0.5, 0.6) is 0 Å². The number of benzene rings is 2. The smallest absolute Gasteiger partial charge is 0.411 e. The van der Waals surface area contributed by atoms with Crippen LogP contribution in [0.3, 0.4) is 0 Å². The molecule has 8 heteroatoms. The number of halogens is 1. The second-order valence-electron chi connectivity index (χ2n) is 6.73. The zero-order chi connectivity index (χ0) is 22.0.